The van der Waals surface area contributed by atoms with Crippen molar-refractivity contribution in [2.75, 3.05) is 18.9 Å². The summed E-state index contributed by atoms with van der Waals surface area (Å²) in [6.07, 6.45) is 1.64. The van der Waals surface area contributed by atoms with Gasteiger partial charge in [-0.25, -0.2) is 0 Å². The molecule has 0 aliphatic carbocycles. The van der Waals surface area contributed by atoms with Gasteiger partial charge >= 0.3 is 5.97 Å². The smallest absolute Gasteiger partial charge is 0.326 e. The van der Waals surface area contributed by atoms with E-state index in [0.29, 0.717) is 18.9 Å². The van der Waals surface area contributed by atoms with Gasteiger partial charge in [0.05, 0.1) is 6.61 Å². The molecule has 102 valence electrons. The van der Waals surface area contributed by atoms with Crippen molar-refractivity contribution in [1.29, 1.82) is 0 Å². The van der Waals surface area contributed by atoms with Gasteiger partial charge in [0.1, 0.15) is 11.9 Å². The summed E-state index contributed by atoms with van der Waals surface area (Å²) in [5.41, 5.74) is -0.707. The Morgan fingerprint density at radius 3 is 2.83 bits per heavy atom. The Morgan fingerprint density at radius 2 is 2.33 bits per heavy atom. The van der Waals surface area contributed by atoms with Gasteiger partial charge in [0.2, 0.25) is 0 Å². The number of ether oxygens (including phenoxy) is 1. The van der Waals surface area contributed by atoms with Crippen LogP contribution in [0.5, 0.6) is 0 Å². The number of esters is 1. The van der Waals surface area contributed by atoms with Crippen molar-refractivity contribution in [2.24, 2.45) is 7.05 Å². The van der Waals surface area contributed by atoms with Crippen molar-refractivity contribution >= 4 is 17.7 Å². The molecule has 0 amide bonds. The van der Waals surface area contributed by atoms with Crippen LogP contribution in [-0.4, -0.2) is 45.2 Å². The summed E-state index contributed by atoms with van der Waals surface area (Å²) in [5.74, 6) is 0.313. The molecule has 1 unspecified atom stereocenters. The highest BCUT2D eigenvalue weighted by Crippen LogP contribution is 2.21. The minimum Gasteiger partial charge on any atom is -0.465 e. The summed E-state index contributed by atoms with van der Waals surface area (Å²) in [6, 6.07) is 0. The molecule has 1 atom stereocenters. The zero-order chi connectivity index (χ0) is 13.6. The summed E-state index contributed by atoms with van der Waals surface area (Å²) >= 11 is 1.48. The average Bonchev–Trinajstić information content (AvgIpc) is 2.73. The first-order chi connectivity index (χ1) is 8.53. The third-order valence-electron chi connectivity index (χ3n) is 2.45. The number of thioether (sulfide) groups is 1. The first kappa shape index (κ1) is 15.0. The predicted octanol–water partition coefficient (Wildman–Crippen LogP) is 0.839. The summed E-state index contributed by atoms with van der Waals surface area (Å²) in [7, 11) is 1.87. The van der Waals surface area contributed by atoms with Gasteiger partial charge in [0.15, 0.2) is 5.16 Å². The van der Waals surface area contributed by atoms with E-state index < -0.39 is 5.54 Å². The lowest BCUT2D eigenvalue weighted by Gasteiger charge is -2.27. The molecule has 7 heteroatoms. The number of rotatable bonds is 7. The van der Waals surface area contributed by atoms with E-state index >= 15 is 0 Å². The summed E-state index contributed by atoms with van der Waals surface area (Å²) in [5, 5.41) is 11.7. The van der Waals surface area contributed by atoms with Crippen molar-refractivity contribution in [1.82, 2.24) is 20.1 Å². The molecule has 0 radical (unpaired) electrons. The second kappa shape index (κ2) is 6.75. The number of aromatic nitrogens is 3. The maximum atomic E-state index is 12.0. The number of carbonyl (C=O) groups is 1. The Bertz CT molecular complexity index is 396. The molecule has 1 aromatic rings. The van der Waals surface area contributed by atoms with E-state index in [-0.39, 0.29) is 5.97 Å². The molecule has 0 saturated carbocycles. The number of nitrogens with zero attached hydrogens (tertiary/aromatic N) is 3. The Labute approximate surface area is 111 Å². The lowest BCUT2D eigenvalue weighted by molar-refractivity contribution is -0.149. The molecule has 18 heavy (non-hydrogen) atoms. The van der Waals surface area contributed by atoms with Crippen LogP contribution < -0.4 is 5.32 Å². The van der Waals surface area contributed by atoms with Crippen molar-refractivity contribution in [2.45, 2.75) is 31.5 Å². The number of carbonyl (C=O) groups excluding carboxylic acids is 1. The number of nitrogens with one attached hydrogen (secondary N) is 1. The van der Waals surface area contributed by atoms with Gasteiger partial charge in [0, 0.05) is 12.8 Å². The number of aryl methyl sites for hydroxylation is 1. The summed E-state index contributed by atoms with van der Waals surface area (Å²) < 4.78 is 6.92. The topological polar surface area (TPSA) is 69.0 Å². The van der Waals surface area contributed by atoms with Crippen molar-refractivity contribution in [3.05, 3.63) is 6.33 Å². The monoisotopic (exact) mass is 272 g/mol. The Hall–Kier alpha value is -1.08. The van der Waals surface area contributed by atoms with Gasteiger partial charge in [-0.2, -0.15) is 0 Å². The molecule has 0 aliphatic heterocycles. The molecule has 0 aromatic carbocycles. The Kier molecular flexibility index (Phi) is 5.61. The van der Waals surface area contributed by atoms with Gasteiger partial charge in [-0.15, -0.1) is 10.2 Å². The lowest BCUT2D eigenvalue weighted by atomic mass is 10.1. The maximum Gasteiger partial charge on any atom is 0.326 e. The minimum absolute atomic E-state index is 0.235. The zero-order valence-electron chi connectivity index (χ0n) is 11.3. The number of likely N-dealkylation sites (N-methyl/N-ethyl adjacent to an activating group) is 1. The lowest BCUT2D eigenvalue weighted by Crippen LogP contribution is -2.52. The average molecular weight is 272 g/mol. The standard InChI is InChI=1S/C11H20N4O2S/c1-5-12-11(3,9(16)17-6-2)7-18-10-14-13-8-15(10)4/h8,12H,5-7H2,1-4H3. The first-order valence-electron chi connectivity index (χ1n) is 5.92. The molecular weight excluding hydrogens is 252 g/mol. The third-order valence-corrected chi connectivity index (χ3v) is 3.80. The van der Waals surface area contributed by atoms with Gasteiger partial charge in [0.25, 0.3) is 0 Å². The summed E-state index contributed by atoms with van der Waals surface area (Å²) in [6.45, 7) is 6.70. The highest BCUT2D eigenvalue weighted by Gasteiger charge is 2.34. The first-order valence-corrected chi connectivity index (χ1v) is 6.91. The molecule has 0 bridgehead atoms. The molecule has 0 fully saturated rings. The maximum absolute atomic E-state index is 12.0. The predicted molar refractivity (Wildman–Crippen MR) is 70.4 cm³/mol. The highest BCUT2D eigenvalue weighted by atomic mass is 32.2. The van der Waals surface area contributed by atoms with Crippen molar-refractivity contribution in [3.63, 3.8) is 0 Å². The number of hydrogen-bond acceptors (Lipinski definition) is 6. The Balaban J connectivity index is 2.67. The second-order valence-corrected chi connectivity index (χ2v) is 5.04. The van der Waals surface area contributed by atoms with Crippen LogP contribution in [0.1, 0.15) is 20.8 Å². The fraction of sp³-hybridized carbons (Fsp3) is 0.727. The van der Waals surface area contributed by atoms with E-state index in [1.165, 1.54) is 11.8 Å². The van der Waals surface area contributed by atoms with Crippen LogP contribution >= 0.6 is 11.8 Å². The SMILES string of the molecule is CCNC(C)(CSc1nncn1C)C(=O)OCC. The van der Waals surface area contributed by atoms with E-state index in [2.05, 4.69) is 15.5 Å². The Morgan fingerprint density at radius 1 is 1.61 bits per heavy atom. The largest absolute Gasteiger partial charge is 0.465 e. The van der Waals surface area contributed by atoms with Crippen LogP contribution in [-0.2, 0) is 16.6 Å². The molecule has 1 N–H and O–H groups in total. The highest BCUT2D eigenvalue weighted by molar-refractivity contribution is 7.99. The van der Waals surface area contributed by atoms with Crippen LogP contribution in [0.2, 0.25) is 0 Å². The molecule has 0 saturated heterocycles. The van der Waals surface area contributed by atoms with Crippen molar-refractivity contribution in [3.8, 4) is 0 Å². The fourth-order valence-electron chi connectivity index (χ4n) is 1.47. The van der Waals surface area contributed by atoms with E-state index in [9.17, 15) is 4.79 Å². The molecule has 6 nitrogen and oxygen atoms in total. The van der Waals surface area contributed by atoms with Gasteiger partial charge in [-0.3, -0.25) is 4.79 Å². The third kappa shape index (κ3) is 3.71. The molecule has 0 spiro atoms. The molecule has 1 heterocycles. The minimum atomic E-state index is -0.707. The molecular formula is C11H20N4O2S. The molecule has 1 rings (SSSR count). The van der Waals surface area contributed by atoms with E-state index in [0.717, 1.165) is 5.16 Å². The molecule has 1 aromatic heterocycles. The van der Waals surface area contributed by atoms with Crippen molar-refractivity contribution < 1.29 is 9.53 Å². The molecule has 0 aliphatic rings. The van der Waals surface area contributed by atoms with E-state index in [1.807, 2.05) is 25.5 Å². The fourth-order valence-corrected chi connectivity index (χ4v) is 2.47. The van der Waals surface area contributed by atoms with Gasteiger partial charge in [-0.1, -0.05) is 18.7 Å². The van der Waals surface area contributed by atoms with Crippen LogP contribution in [0.3, 0.4) is 0 Å². The second-order valence-electron chi connectivity index (χ2n) is 4.10. The number of hydrogen-bond donors (Lipinski definition) is 1. The normalized spacial score (nSPS) is 14.2. The quantitative estimate of drug-likeness (QED) is 0.586. The van der Waals surface area contributed by atoms with Crippen LogP contribution in [0, 0.1) is 0 Å². The zero-order valence-corrected chi connectivity index (χ0v) is 12.1. The van der Waals surface area contributed by atoms with Crippen LogP contribution in [0.15, 0.2) is 11.5 Å². The van der Waals surface area contributed by atoms with Gasteiger partial charge < -0.3 is 14.6 Å². The van der Waals surface area contributed by atoms with Gasteiger partial charge in [-0.05, 0) is 20.4 Å². The van der Waals surface area contributed by atoms with E-state index in [1.54, 1.807) is 13.3 Å². The van der Waals surface area contributed by atoms with Crippen LogP contribution in [0.25, 0.3) is 0 Å². The van der Waals surface area contributed by atoms with Crippen LogP contribution in [0.4, 0.5) is 0 Å². The summed E-state index contributed by atoms with van der Waals surface area (Å²) in [4.78, 5) is 12.0. The van der Waals surface area contributed by atoms with E-state index in [4.69, 9.17) is 4.74 Å².